The summed E-state index contributed by atoms with van der Waals surface area (Å²) >= 11 is 1.64. The Morgan fingerprint density at radius 2 is 2.00 bits per heavy atom. The van der Waals surface area contributed by atoms with Crippen LogP contribution in [0.1, 0.15) is 30.0 Å². The molecule has 31 heavy (non-hydrogen) atoms. The summed E-state index contributed by atoms with van der Waals surface area (Å²) in [6.07, 6.45) is 11.2. The van der Waals surface area contributed by atoms with Crippen molar-refractivity contribution in [2.75, 3.05) is 6.54 Å². The molecule has 1 atom stereocenters. The smallest absolute Gasteiger partial charge is 0.247 e. The summed E-state index contributed by atoms with van der Waals surface area (Å²) < 4.78 is 1.87. The lowest BCUT2D eigenvalue weighted by atomic mass is 10.1. The van der Waals surface area contributed by atoms with Crippen molar-refractivity contribution in [2.45, 2.75) is 18.9 Å². The number of carbonyl (C=O) groups is 1. The van der Waals surface area contributed by atoms with Crippen LogP contribution in [0.4, 0.5) is 0 Å². The predicted molar refractivity (Wildman–Crippen MR) is 124 cm³/mol. The van der Waals surface area contributed by atoms with Crippen molar-refractivity contribution in [3.05, 3.63) is 95.8 Å². The number of aromatic nitrogens is 3. The van der Waals surface area contributed by atoms with Gasteiger partial charge in [-0.3, -0.25) is 9.78 Å². The molecule has 3 aromatic heterocycles. The van der Waals surface area contributed by atoms with Crippen molar-refractivity contribution in [3.8, 4) is 16.3 Å². The topological polar surface area (TPSA) is 51.0 Å². The molecular weight excluding hydrogens is 404 g/mol. The average Bonchev–Trinajstić information content (AvgIpc) is 3.59. The molecule has 0 saturated carbocycles. The van der Waals surface area contributed by atoms with Crippen LogP contribution in [0.3, 0.4) is 0 Å². The van der Waals surface area contributed by atoms with Crippen LogP contribution in [0.2, 0.25) is 0 Å². The molecule has 4 aromatic rings. The molecule has 0 bridgehead atoms. The number of benzene rings is 1. The highest BCUT2D eigenvalue weighted by Gasteiger charge is 2.28. The number of rotatable bonds is 5. The van der Waals surface area contributed by atoms with Gasteiger partial charge in [0.1, 0.15) is 5.69 Å². The Morgan fingerprint density at radius 3 is 2.77 bits per heavy atom. The van der Waals surface area contributed by atoms with E-state index >= 15 is 0 Å². The zero-order chi connectivity index (χ0) is 21.0. The maximum atomic E-state index is 13.1. The van der Waals surface area contributed by atoms with E-state index in [1.807, 2.05) is 82.0 Å². The Bertz CT molecular complexity index is 1180. The normalized spacial score (nSPS) is 16.3. The summed E-state index contributed by atoms with van der Waals surface area (Å²) in [5.74, 6) is 0.0240. The summed E-state index contributed by atoms with van der Waals surface area (Å²) in [5.41, 5.74) is 3.89. The van der Waals surface area contributed by atoms with E-state index in [1.54, 1.807) is 23.6 Å². The number of para-hydroxylation sites is 1. The number of pyridine rings is 1. The molecule has 5 nitrogen and oxygen atoms in total. The zero-order valence-corrected chi connectivity index (χ0v) is 17.8. The summed E-state index contributed by atoms with van der Waals surface area (Å²) in [5, 5.41) is 6.84. The SMILES string of the molecule is O=C(C=Cc1cn(-c2ccccc2)nc1-c1cccs1)N1CCCC1c1cccnc1. The van der Waals surface area contributed by atoms with Crippen LogP contribution in [-0.4, -0.2) is 32.1 Å². The second kappa shape index (κ2) is 8.70. The van der Waals surface area contributed by atoms with E-state index in [9.17, 15) is 4.79 Å². The number of amides is 1. The fraction of sp³-hybridized carbons (Fsp3) is 0.160. The standard InChI is InChI=1S/C25H22N4OS/c30-24(28-15-5-10-22(28)19-7-4-14-26-17-19)13-12-20-18-29(21-8-2-1-3-9-21)27-25(20)23-11-6-16-31-23/h1-4,6-9,11-14,16-18,22H,5,10,15H2. The summed E-state index contributed by atoms with van der Waals surface area (Å²) in [7, 11) is 0. The quantitative estimate of drug-likeness (QED) is 0.403. The first-order valence-electron chi connectivity index (χ1n) is 10.4. The van der Waals surface area contributed by atoms with Crippen molar-refractivity contribution < 1.29 is 4.79 Å². The van der Waals surface area contributed by atoms with Gasteiger partial charge in [0.05, 0.1) is 16.6 Å². The molecule has 6 heteroatoms. The summed E-state index contributed by atoms with van der Waals surface area (Å²) in [6.45, 7) is 0.768. The molecule has 0 aliphatic carbocycles. The maximum absolute atomic E-state index is 13.1. The molecule has 1 unspecified atom stereocenters. The van der Waals surface area contributed by atoms with Gasteiger partial charge in [-0.2, -0.15) is 5.10 Å². The molecule has 1 aliphatic heterocycles. The van der Waals surface area contributed by atoms with E-state index < -0.39 is 0 Å². The molecule has 1 amide bonds. The number of hydrogen-bond donors (Lipinski definition) is 0. The minimum absolute atomic E-state index is 0.0240. The highest BCUT2D eigenvalue weighted by molar-refractivity contribution is 7.13. The minimum atomic E-state index is 0.0240. The molecular formula is C25H22N4OS. The average molecular weight is 427 g/mol. The molecule has 0 spiro atoms. The maximum Gasteiger partial charge on any atom is 0.247 e. The van der Waals surface area contributed by atoms with E-state index in [-0.39, 0.29) is 11.9 Å². The number of carbonyl (C=O) groups excluding carboxylic acids is 1. The van der Waals surface area contributed by atoms with E-state index in [0.717, 1.165) is 46.8 Å². The molecule has 1 saturated heterocycles. The Kier molecular flexibility index (Phi) is 5.46. The fourth-order valence-electron chi connectivity index (χ4n) is 4.03. The number of thiophene rings is 1. The second-order valence-corrected chi connectivity index (χ2v) is 8.45. The fourth-order valence-corrected chi connectivity index (χ4v) is 4.77. The van der Waals surface area contributed by atoms with Crippen LogP contribution in [-0.2, 0) is 4.79 Å². The third-order valence-corrected chi connectivity index (χ3v) is 6.40. The third-order valence-electron chi connectivity index (χ3n) is 5.53. The second-order valence-electron chi connectivity index (χ2n) is 7.50. The zero-order valence-electron chi connectivity index (χ0n) is 17.0. The van der Waals surface area contributed by atoms with E-state index in [2.05, 4.69) is 11.1 Å². The van der Waals surface area contributed by atoms with Gasteiger partial charge in [0, 0.05) is 36.8 Å². The van der Waals surface area contributed by atoms with Gasteiger partial charge in [0.25, 0.3) is 0 Å². The van der Waals surface area contributed by atoms with Crippen molar-refractivity contribution in [3.63, 3.8) is 0 Å². The van der Waals surface area contributed by atoms with Crippen LogP contribution < -0.4 is 0 Å². The van der Waals surface area contributed by atoms with Crippen molar-refractivity contribution >= 4 is 23.3 Å². The molecule has 4 heterocycles. The lowest BCUT2D eigenvalue weighted by Crippen LogP contribution is -2.28. The molecule has 0 N–H and O–H groups in total. The van der Waals surface area contributed by atoms with Gasteiger partial charge in [0.15, 0.2) is 0 Å². The Morgan fingerprint density at radius 1 is 1.10 bits per heavy atom. The summed E-state index contributed by atoms with van der Waals surface area (Å²) in [6, 6.07) is 18.2. The molecule has 0 radical (unpaired) electrons. The van der Waals surface area contributed by atoms with Crippen LogP contribution in [0, 0.1) is 0 Å². The molecule has 1 fully saturated rings. The van der Waals surface area contributed by atoms with Gasteiger partial charge in [-0.25, -0.2) is 4.68 Å². The van der Waals surface area contributed by atoms with Crippen LogP contribution in [0.25, 0.3) is 22.3 Å². The number of likely N-dealkylation sites (tertiary alicyclic amines) is 1. The summed E-state index contributed by atoms with van der Waals surface area (Å²) in [4.78, 5) is 20.3. The third kappa shape index (κ3) is 4.07. The Labute approximate surface area is 185 Å². The largest absolute Gasteiger partial charge is 0.332 e. The van der Waals surface area contributed by atoms with Crippen molar-refractivity contribution in [2.24, 2.45) is 0 Å². The monoisotopic (exact) mass is 426 g/mol. The minimum Gasteiger partial charge on any atom is -0.332 e. The number of nitrogens with zero attached hydrogens (tertiary/aromatic N) is 4. The van der Waals surface area contributed by atoms with Gasteiger partial charge >= 0.3 is 0 Å². The highest BCUT2D eigenvalue weighted by Crippen LogP contribution is 2.32. The van der Waals surface area contributed by atoms with Crippen molar-refractivity contribution in [1.29, 1.82) is 0 Å². The predicted octanol–water partition coefficient (Wildman–Crippen LogP) is 5.37. The molecule has 5 rings (SSSR count). The lowest BCUT2D eigenvalue weighted by molar-refractivity contribution is -0.126. The first kappa shape index (κ1) is 19.5. The molecule has 154 valence electrons. The van der Waals surface area contributed by atoms with E-state index in [0.29, 0.717) is 0 Å². The van der Waals surface area contributed by atoms with Crippen molar-refractivity contribution in [1.82, 2.24) is 19.7 Å². The number of hydrogen-bond acceptors (Lipinski definition) is 4. The first-order valence-corrected chi connectivity index (χ1v) is 11.2. The molecule has 1 aliphatic rings. The van der Waals surface area contributed by atoms with E-state index in [4.69, 9.17) is 5.10 Å². The van der Waals surface area contributed by atoms with Gasteiger partial charge < -0.3 is 4.90 Å². The van der Waals surface area contributed by atoms with Crippen LogP contribution >= 0.6 is 11.3 Å². The van der Waals surface area contributed by atoms with Gasteiger partial charge in [-0.05, 0) is 54.1 Å². The van der Waals surface area contributed by atoms with Gasteiger partial charge in [0.2, 0.25) is 5.91 Å². The lowest BCUT2D eigenvalue weighted by Gasteiger charge is -2.23. The van der Waals surface area contributed by atoms with Crippen LogP contribution in [0.5, 0.6) is 0 Å². The van der Waals surface area contributed by atoms with Gasteiger partial charge in [-0.15, -0.1) is 11.3 Å². The van der Waals surface area contributed by atoms with E-state index in [1.165, 1.54) is 0 Å². The first-order chi connectivity index (χ1) is 15.3. The Hall–Kier alpha value is -3.51. The Balaban J connectivity index is 1.43. The molecule has 1 aromatic carbocycles. The van der Waals surface area contributed by atoms with Gasteiger partial charge in [-0.1, -0.05) is 30.3 Å². The highest BCUT2D eigenvalue weighted by atomic mass is 32.1. The van der Waals surface area contributed by atoms with Crippen LogP contribution in [0.15, 0.2) is 84.6 Å².